The van der Waals surface area contributed by atoms with Gasteiger partial charge in [-0.25, -0.2) is 14.0 Å². The molecule has 7 N–H and O–H groups in total. The highest BCUT2D eigenvalue weighted by molar-refractivity contribution is 5.95. The number of carbonyl (C=O) groups is 1. The van der Waals surface area contributed by atoms with Gasteiger partial charge in [0.05, 0.1) is 19.9 Å². The van der Waals surface area contributed by atoms with Crippen molar-refractivity contribution in [1.82, 2.24) is 25.0 Å². The number of carboxylic acids is 1. The molecule has 15 heteroatoms. The normalized spacial score (nSPS) is 11.7. The number of anilines is 1. The van der Waals surface area contributed by atoms with Gasteiger partial charge in [-0.15, -0.1) is 5.10 Å². The molecule has 0 amide bonds. The van der Waals surface area contributed by atoms with E-state index in [4.69, 9.17) is 25.4 Å². The molecule has 2 aromatic carbocycles. The number of nitrogens with zero attached hydrogens (tertiary/aromatic N) is 3. The average Bonchev–Trinajstić information content (AvgIpc) is 3.55. The van der Waals surface area contributed by atoms with Gasteiger partial charge in [0.1, 0.15) is 29.8 Å². The van der Waals surface area contributed by atoms with Gasteiger partial charge < -0.3 is 30.4 Å². The van der Waals surface area contributed by atoms with Crippen LogP contribution in [0.1, 0.15) is 33.4 Å². The zero-order chi connectivity index (χ0) is 28.1. The molecule has 14 nitrogen and oxygen atoms in total. The van der Waals surface area contributed by atoms with Crippen LogP contribution in [-0.2, 0) is 4.74 Å². The third kappa shape index (κ3) is 5.72. The molecule has 4 rings (SSSR count). The third-order valence-electron chi connectivity index (χ3n) is 5.61. The number of aromatic nitrogens is 5. The van der Waals surface area contributed by atoms with Crippen LogP contribution in [0.4, 0.5) is 10.1 Å². The fourth-order valence-electron chi connectivity index (χ4n) is 3.69. The van der Waals surface area contributed by atoms with E-state index in [0.29, 0.717) is 11.3 Å². The number of ether oxygens (including phenoxy) is 3. The van der Waals surface area contributed by atoms with Crippen LogP contribution < -0.4 is 26.2 Å². The Morgan fingerprint density at radius 2 is 2.00 bits per heavy atom. The van der Waals surface area contributed by atoms with Crippen LogP contribution >= 0.6 is 0 Å². The minimum Gasteiger partial charge on any atom is -0.497 e. The first kappa shape index (κ1) is 26.9. The number of nitrogens with one attached hydrogen (secondary N) is 4. The Morgan fingerprint density at radius 3 is 2.64 bits per heavy atom. The second kappa shape index (κ2) is 11.5. The number of methoxy groups -OCH3 is 2. The van der Waals surface area contributed by atoms with E-state index in [1.807, 2.05) is 0 Å². The predicted octanol–water partition coefficient (Wildman–Crippen LogP) is 1.64. The highest BCUT2D eigenvalue weighted by Gasteiger charge is 2.28. The van der Waals surface area contributed by atoms with Crippen molar-refractivity contribution in [2.24, 2.45) is 5.73 Å². The molecule has 39 heavy (non-hydrogen) atoms. The van der Waals surface area contributed by atoms with E-state index in [1.54, 1.807) is 24.3 Å². The number of halogens is 1. The maximum Gasteiger partial charge on any atom is 0.349 e. The lowest BCUT2D eigenvalue weighted by molar-refractivity contribution is 0.0696. The van der Waals surface area contributed by atoms with Crippen LogP contribution in [0.3, 0.4) is 0 Å². The van der Waals surface area contributed by atoms with Crippen molar-refractivity contribution in [2.75, 3.05) is 32.8 Å². The lowest BCUT2D eigenvalue weighted by atomic mass is 10.0. The summed E-state index contributed by atoms with van der Waals surface area (Å²) < 4.78 is 32.5. The van der Waals surface area contributed by atoms with Gasteiger partial charge in [0.25, 0.3) is 0 Å². The molecule has 2 aromatic heterocycles. The number of benzene rings is 2. The summed E-state index contributed by atoms with van der Waals surface area (Å²) >= 11 is 0. The first-order chi connectivity index (χ1) is 18.7. The summed E-state index contributed by atoms with van der Waals surface area (Å²) in [6.07, 6.45) is 1.04. The van der Waals surface area contributed by atoms with E-state index >= 15 is 4.39 Å². The molecule has 4 aromatic rings. The Morgan fingerprint density at radius 1 is 1.26 bits per heavy atom. The largest absolute Gasteiger partial charge is 0.497 e. The van der Waals surface area contributed by atoms with Gasteiger partial charge in [-0.05, 0) is 30.3 Å². The maximum atomic E-state index is 15.8. The van der Waals surface area contributed by atoms with Crippen molar-refractivity contribution in [3.05, 3.63) is 81.4 Å². The minimum atomic E-state index is -1.33. The second-order valence-corrected chi connectivity index (χ2v) is 8.10. The molecule has 0 aliphatic heterocycles. The SMILES string of the molecule is COCCOc1cc(OC)cc(C(Nc2ccc(C(=N)N)cc2)c2nn(-c3[nH]ncc3C(=O)O)c(=O)[nH]2)c1F. The van der Waals surface area contributed by atoms with Crippen LogP contribution in [0.25, 0.3) is 5.82 Å². The third-order valence-corrected chi connectivity index (χ3v) is 5.61. The topological polar surface area (TPSA) is 206 Å². The molecule has 0 spiro atoms. The molecule has 0 saturated heterocycles. The number of nitrogens with two attached hydrogens (primary N) is 1. The Bertz CT molecular complexity index is 1540. The number of aromatic carboxylic acids is 1. The van der Waals surface area contributed by atoms with Gasteiger partial charge in [-0.2, -0.15) is 9.78 Å². The molecular formula is C24H25FN8O6. The van der Waals surface area contributed by atoms with E-state index in [2.05, 4.69) is 25.6 Å². The summed E-state index contributed by atoms with van der Waals surface area (Å²) in [5.74, 6) is -2.32. The summed E-state index contributed by atoms with van der Waals surface area (Å²) in [5.41, 5.74) is 5.39. The number of aromatic amines is 2. The summed E-state index contributed by atoms with van der Waals surface area (Å²) in [7, 11) is 2.89. The zero-order valence-corrected chi connectivity index (χ0v) is 20.8. The summed E-state index contributed by atoms with van der Waals surface area (Å²) in [5, 5.41) is 30.5. The molecule has 1 unspecified atom stereocenters. The summed E-state index contributed by atoms with van der Waals surface area (Å²) in [4.78, 5) is 27.0. The Labute approximate surface area is 220 Å². The molecule has 204 valence electrons. The first-order valence-corrected chi connectivity index (χ1v) is 11.4. The quantitative estimate of drug-likeness (QED) is 0.0870. The van der Waals surface area contributed by atoms with E-state index in [-0.39, 0.29) is 53.3 Å². The minimum absolute atomic E-state index is 0.00128. The number of H-pyrrole nitrogens is 2. The fraction of sp³-hybridized carbons (Fsp3) is 0.208. The lowest BCUT2D eigenvalue weighted by Crippen LogP contribution is -2.18. The number of hydrogen-bond acceptors (Lipinski definition) is 9. The van der Waals surface area contributed by atoms with Crippen LogP contribution in [0.2, 0.25) is 0 Å². The van der Waals surface area contributed by atoms with Crippen LogP contribution in [-0.4, -0.2) is 69.3 Å². The van der Waals surface area contributed by atoms with E-state index in [1.165, 1.54) is 26.4 Å². The molecule has 0 radical (unpaired) electrons. The Kier molecular flexibility index (Phi) is 7.90. The van der Waals surface area contributed by atoms with Crippen molar-refractivity contribution in [3.8, 4) is 17.3 Å². The first-order valence-electron chi connectivity index (χ1n) is 11.4. The molecular weight excluding hydrogens is 515 g/mol. The molecule has 0 aliphatic carbocycles. The van der Waals surface area contributed by atoms with Gasteiger partial charge in [0.15, 0.2) is 23.2 Å². The molecule has 0 aliphatic rings. The number of amidine groups is 1. The van der Waals surface area contributed by atoms with E-state index < -0.39 is 23.5 Å². The smallest absolute Gasteiger partial charge is 0.349 e. The lowest BCUT2D eigenvalue weighted by Gasteiger charge is -2.21. The molecule has 2 heterocycles. The Hall–Kier alpha value is -5.18. The van der Waals surface area contributed by atoms with Crippen molar-refractivity contribution in [2.45, 2.75) is 6.04 Å². The van der Waals surface area contributed by atoms with Crippen molar-refractivity contribution < 1.29 is 28.5 Å². The van der Waals surface area contributed by atoms with Crippen LogP contribution in [0, 0.1) is 11.2 Å². The molecule has 0 bridgehead atoms. The van der Waals surface area contributed by atoms with Gasteiger partial charge in [-0.1, -0.05) is 0 Å². The highest BCUT2D eigenvalue weighted by Crippen LogP contribution is 2.35. The van der Waals surface area contributed by atoms with Crippen LogP contribution in [0.15, 0.2) is 47.4 Å². The van der Waals surface area contributed by atoms with Gasteiger partial charge in [-0.3, -0.25) is 15.5 Å². The predicted molar refractivity (Wildman–Crippen MR) is 137 cm³/mol. The fourth-order valence-corrected chi connectivity index (χ4v) is 3.69. The van der Waals surface area contributed by atoms with Gasteiger partial charge in [0, 0.05) is 30.0 Å². The number of hydrogen-bond donors (Lipinski definition) is 6. The number of nitrogen functional groups attached to an aromatic ring is 1. The molecule has 0 fully saturated rings. The van der Waals surface area contributed by atoms with Crippen molar-refractivity contribution >= 4 is 17.5 Å². The van der Waals surface area contributed by atoms with Crippen molar-refractivity contribution in [1.29, 1.82) is 5.41 Å². The van der Waals surface area contributed by atoms with E-state index in [0.717, 1.165) is 10.9 Å². The monoisotopic (exact) mass is 540 g/mol. The Balaban J connectivity index is 1.84. The number of carboxylic acid groups (broad SMARTS) is 1. The number of rotatable bonds is 12. The van der Waals surface area contributed by atoms with Gasteiger partial charge >= 0.3 is 11.7 Å². The molecule has 1 atom stereocenters. The second-order valence-electron chi connectivity index (χ2n) is 8.10. The zero-order valence-electron chi connectivity index (χ0n) is 20.8. The summed E-state index contributed by atoms with van der Waals surface area (Å²) in [6, 6.07) is 8.07. The van der Waals surface area contributed by atoms with E-state index in [9.17, 15) is 14.7 Å². The maximum absolute atomic E-state index is 15.8. The summed E-state index contributed by atoms with van der Waals surface area (Å²) in [6.45, 7) is 0.276. The standard InChI is InChI=1S/C24H25FN8O6/c1-37-7-8-39-17-10-14(38-2)9-15(18(17)25)19(29-13-5-3-12(4-6-13)20(26)27)21-30-24(36)33(32-21)22-16(23(34)35)11-28-31-22/h3-6,9-11,19,29H,7-8H2,1-2H3,(H3,26,27)(H,28,31)(H,34,35)(H,30,32,36). The van der Waals surface area contributed by atoms with Crippen LogP contribution in [0.5, 0.6) is 11.5 Å². The van der Waals surface area contributed by atoms with Gasteiger partial charge in [0.2, 0.25) is 0 Å². The molecule has 0 saturated carbocycles. The highest BCUT2D eigenvalue weighted by atomic mass is 19.1. The average molecular weight is 541 g/mol. The van der Waals surface area contributed by atoms with Crippen molar-refractivity contribution in [3.63, 3.8) is 0 Å².